The molecule has 0 saturated heterocycles. The lowest BCUT2D eigenvalue weighted by atomic mass is 10.3. The highest BCUT2D eigenvalue weighted by atomic mass is 32.2. The van der Waals surface area contributed by atoms with Gasteiger partial charge in [0.2, 0.25) is 15.9 Å². The lowest BCUT2D eigenvalue weighted by Crippen LogP contribution is -2.45. The van der Waals surface area contributed by atoms with Gasteiger partial charge in [-0.25, -0.2) is 17.2 Å². The zero-order valence-electron chi connectivity index (χ0n) is 10.9. The van der Waals surface area contributed by atoms with Gasteiger partial charge in [0, 0.05) is 12.2 Å². The Labute approximate surface area is 115 Å². The monoisotopic (exact) mass is 307 g/mol. The number of benzene rings is 1. The second-order valence-corrected chi connectivity index (χ2v) is 5.70. The first-order chi connectivity index (χ1) is 9.19. The number of likely N-dealkylation sites (N-methyl/N-ethyl adjacent to an activating group) is 1. The summed E-state index contributed by atoms with van der Waals surface area (Å²) < 4.78 is 52.8. The summed E-state index contributed by atoms with van der Waals surface area (Å²) in [4.78, 5) is 10.3. The van der Waals surface area contributed by atoms with Crippen LogP contribution in [0.2, 0.25) is 0 Å². The molecule has 4 N–H and O–H groups in total. The number of halogens is 2. The third-order valence-electron chi connectivity index (χ3n) is 2.37. The summed E-state index contributed by atoms with van der Waals surface area (Å²) in [6, 6.07) is 0.208. The number of nitrogen functional groups attached to an aromatic ring is 1. The molecule has 0 bridgehead atoms. The number of rotatable bonds is 5. The van der Waals surface area contributed by atoms with E-state index in [1.165, 1.54) is 6.92 Å². The van der Waals surface area contributed by atoms with E-state index in [0.717, 1.165) is 0 Å². The van der Waals surface area contributed by atoms with Crippen molar-refractivity contribution in [1.29, 1.82) is 0 Å². The lowest BCUT2D eigenvalue weighted by Gasteiger charge is -2.14. The number of anilines is 1. The summed E-state index contributed by atoms with van der Waals surface area (Å²) in [5, 5.41) is 2.38. The van der Waals surface area contributed by atoms with Crippen LogP contribution in [0, 0.1) is 11.6 Å². The summed E-state index contributed by atoms with van der Waals surface area (Å²) in [6.07, 6.45) is 0. The molecular formula is C11H15F2N3O3S. The van der Waals surface area contributed by atoms with E-state index in [4.69, 9.17) is 5.73 Å². The van der Waals surface area contributed by atoms with Gasteiger partial charge in [-0.05, 0) is 26.0 Å². The van der Waals surface area contributed by atoms with E-state index < -0.39 is 38.5 Å². The standard InChI is InChI=1S/C11H15F2N3O3S/c1-3-15-11(17)6(2)16-20(18,19)10-8(12)4-7(14)5-9(10)13/h4-6,16H,3,14H2,1-2H3,(H,15,17). The van der Waals surface area contributed by atoms with Crippen LogP contribution in [0.3, 0.4) is 0 Å². The molecule has 9 heteroatoms. The fourth-order valence-corrected chi connectivity index (χ4v) is 2.83. The molecular weight excluding hydrogens is 292 g/mol. The number of carbonyl (C=O) groups is 1. The quantitative estimate of drug-likeness (QED) is 0.683. The average molecular weight is 307 g/mol. The molecule has 0 saturated carbocycles. The second kappa shape index (κ2) is 6.14. The van der Waals surface area contributed by atoms with Crippen molar-refractivity contribution in [3.63, 3.8) is 0 Å². The topological polar surface area (TPSA) is 101 Å². The van der Waals surface area contributed by atoms with Crippen LogP contribution in [0.1, 0.15) is 13.8 Å². The van der Waals surface area contributed by atoms with Gasteiger partial charge in [-0.15, -0.1) is 0 Å². The van der Waals surface area contributed by atoms with Gasteiger partial charge < -0.3 is 11.1 Å². The van der Waals surface area contributed by atoms with Gasteiger partial charge in [-0.3, -0.25) is 4.79 Å². The summed E-state index contributed by atoms with van der Waals surface area (Å²) in [6.45, 7) is 3.21. The van der Waals surface area contributed by atoms with Crippen molar-refractivity contribution in [3.8, 4) is 0 Å². The van der Waals surface area contributed by atoms with Gasteiger partial charge in [0.1, 0.15) is 11.6 Å². The molecule has 0 fully saturated rings. The molecule has 1 atom stereocenters. The normalized spacial score (nSPS) is 13.0. The lowest BCUT2D eigenvalue weighted by molar-refractivity contribution is -0.122. The molecule has 1 rings (SSSR count). The molecule has 1 amide bonds. The SMILES string of the molecule is CCNC(=O)C(C)NS(=O)(=O)c1c(F)cc(N)cc1F. The van der Waals surface area contributed by atoms with E-state index >= 15 is 0 Å². The maximum atomic E-state index is 13.6. The van der Waals surface area contributed by atoms with Crippen molar-refractivity contribution < 1.29 is 22.0 Å². The molecule has 0 spiro atoms. The Balaban J connectivity index is 3.10. The molecule has 0 radical (unpaired) electrons. The van der Waals surface area contributed by atoms with Gasteiger partial charge in [-0.2, -0.15) is 4.72 Å². The smallest absolute Gasteiger partial charge is 0.247 e. The Morgan fingerprint density at radius 1 is 1.35 bits per heavy atom. The summed E-state index contributed by atoms with van der Waals surface area (Å²) in [7, 11) is -4.52. The molecule has 0 aliphatic rings. The highest BCUT2D eigenvalue weighted by Crippen LogP contribution is 2.21. The van der Waals surface area contributed by atoms with Crippen LogP contribution in [-0.4, -0.2) is 26.9 Å². The van der Waals surface area contributed by atoms with Crippen molar-refractivity contribution in [2.75, 3.05) is 12.3 Å². The van der Waals surface area contributed by atoms with Gasteiger partial charge in [-0.1, -0.05) is 0 Å². The minimum atomic E-state index is -4.52. The molecule has 0 aliphatic heterocycles. The maximum absolute atomic E-state index is 13.6. The third-order valence-corrected chi connectivity index (χ3v) is 3.96. The van der Waals surface area contributed by atoms with Crippen LogP contribution in [0.15, 0.2) is 17.0 Å². The zero-order valence-corrected chi connectivity index (χ0v) is 11.7. The predicted octanol–water partition coefficient (Wildman–Crippen LogP) is 0.350. The number of hydrogen-bond donors (Lipinski definition) is 3. The number of nitrogens with one attached hydrogen (secondary N) is 2. The summed E-state index contributed by atoms with van der Waals surface area (Å²) in [5.41, 5.74) is 4.96. The van der Waals surface area contributed by atoms with E-state index in [9.17, 15) is 22.0 Å². The maximum Gasteiger partial charge on any atom is 0.247 e. The first-order valence-corrected chi connectivity index (χ1v) is 7.22. The van der Waals surface area contributed by atoms with Crippen molar-refractivity contribution >= 4 is 21.6 Å². The van der Waals surface area contributed by atoms with E-state index in [1.807, 2.05) is 4.72 Å². The van der Waals surface area contributed by atoms with Gasteiger partial charge in [0.05, 0.1) is 6.04 Å². The van der Waals surface area contributed by atoms with Crippen molar-refractivity contribution in [3.05, 3.63) is 23.8 Å². The molecule has 112 valence electrons. The molecule has 20 heavy (non-hydrogen) atoms. The van der Waals surface area contributed by atoms with Crippen LogP contribution in [-0.2, 0) is 14.8 Å². The molecule has 1 unspecified atom stereocenters. The number of hydrogen-bond acceptors (Lipinski definition) is 4. The van der Waals surface area contributed by atoms with E-state index in [1.54, 1.807) is 6.92 Å². The van der Waals surface area contributed by atoms with Crippen molar-refractivity contribution in [1.82, 2.24) is 10.0 Å². The van der Waals surface area contributed by atoms with Crippen molar-refractivity contribution in [2.24, 2.45) is 0 Å². The largest absolute Gasteiger partial charge is 0.399 e. The zero-order chi connectivity index (χ0) is 15.5. The Kier molecular flexibility index (Phi) is 5.01. The van der Waals surface area contributed by atoms with Crippen LogP contribution < -0.4 is 15.8 Å². The molecule has 1 aromatic rings. The van der Waals surface area contributed by atoms with Gasteiger partial charge >= 0.3 is 0 Å². The number of amides is 1. The van der Waals surface area contributed by atoms with Crippen molar-refractivity contribution in [2.45, 2.75) is 24.8 Å². The minimum Gasteiger partial charge on any atom is -0.399 e. The molecule has 6 nitrogen and oxygen atoms in total. The molecule has 1 aromatic carbocycles. The van der Waals surface area contributed by atoms with E-state index in [2.05, 4.69) is 5.32 Å². The average Bonchev–Trinajstić information content (AvgIpc) is 2.26. The number of carbonyl (C=O) groups excluding carboxylic acids is 1. The van der Waals surface area contributed by atoms with E-state index in [0.29, 0.717) is 18.7 Å². The first kappa shape index (κ1) is 16.3. The van der Waals surface area contributed by atoms with Gasteiger partial charge in [0.15, 0.2) is 4.90 Å². The fourth-order valence-electron chi connectivity index (χ4n) is 1.51. The molecule has 0 aliphatic carbocycles. The summed E-state index contributed by atoms with van der Waals surface area (Å²) in [5.74, 6) is -3.25. The Morgan fingerprint density at radius 3 is 2.30 bits per heavy atom. The third kappa shape index (κ3) is 3.64. The van der Waals surface area contributed by atoms with Gasteiger partial charge in [0.25, 0.3) is 0 Å². The van der Waals surface area contributed by atoms with Crippen LogP contribution in [0.4, 0.5) is 14.5 Å². The number of nitrogens with two attached hydrogens (primary N) is 1. The van der Waals surface area contributed by atoms with Crippen LogP contribution >= 0.6 is 0 Å². The Bertz CT molecular complexity index is 596. The number of sulfonamides is 1. The minimum absolute atomic E-state index is 0.240. The first-order valence-electron chi connectivity index (χ1n) is 5.73. The second-order valence-electron chi connectivity index (χ2n) is 4.05. The van der Waals surface area contributed by atoms with Crippen LogP contribution in [0.25, 0.3) is 0 Å². The molecule has 0 heterocycles. The van der Waals surface area contributed by atoms with Crippen LogP contribution in [0.5, 0.6) is 0 Å². The highest BCUT2D eigenvalue weighted by Gasteiger charge is 2.28. The van der Waals surface area contributed by atoms with E-state index in [-0.39, 0.29) is 5.69 Å². The molecule has 0 aromatic heterocycles. The Hall–Kier alpha value is -1.74. The predicted molar refractivity (Wildman–Crippen MR) is 69.2 cm³/mol. The highest BCUT2D eigenvalue weighted by molar-refractivity contribution is 7.89. The Morgan fingerprint density at radius 2 is 1.85 bits per heavy atom. The summed E-state index contributed by atoms with van der Waals surface area (Å²) >= 11 is 0. The fraction of sp³-hybridized carbons (Fsp3) is 0.364.